The van der Waals surface area contributed by atoms with Crippen LogP contribution in [0.15, 0.2) is 10.4 Å². The van der Waals surface area contributed by atoms with Gasteiger partial charge in [-0.05, 0) is 20.8 Å². The molecular formula is C15H28N4O2S. The number of methoxy groups -OCH3 is 1. The number of hydrogen-bond acceptors (Lipinski definition) is 5. The number of nitrogens with one attached hydrogen (secondary N) is 1. The van der Waals surface area contributed by atoms with Crippen LogP contribution in [-0.2, 0) is 16.0 Å². The van der Waals surface area contributed by atoms with Crippen molar-refractivity contribution in [2.45, 2.75) is 33.4 Å². The molecule has 0 fully saturated rings. The van der Waals surface area contributed by atoms with Gasteiger partial charge in [0.1, 0.15) is 11.1 Å². The molecule has 0 aliphatic rings. The summed E-state index contributed by atoms with van der Waals surface area (Å²) in [4.78, 5) is 11.3. The lowest BCUT2D eigenvalue weighted by molar-refractivity contribution is 0.119. The monoisotopic (exact) mass is 328 g/mol. The molecule has 0 bridgehead atoms. The topological polar surface area (TPSA) is 59.0 Å². The van der Waals surface area contributed by atoms with Crippen LogP contribution in [0.1, 0.15) is 37.6 Å². The molecule has 126 valence electrons. The Morgan fingerprint density at radius 1 is 1.50 bits per heavy atom. The van der Waals surface area contributed by atoms with Crippen molar-refractivity contribution in [2.75, 3.05) is 40.5 Å². The highest BCUT2D eigenvalue weighted by Gasteiger charge is 2.12. The van der Waals surface area contributed by atoms with Crippen LogP contribution >= 0.6 is 11.3 Å². The van der Waals surface area contributed by atoms with Gasteiger partial charge in [0.25, 0.3) is 0 Å². The van der Waals surface area contributed by atoms with Crippen LogP contribution in [0.3, 0.4) is 0 Å². The molecule has 0 saturated carbocycles. The van der Waals surface area contributed by atoms with E-state index >= 15 is 0 Å². The average Bonchev–Trinajstić information content (AvgIpc) is 2.98. The van der Waals surface area contributed by atoms with Gasteiger partial charge in [0.2, 0.25) is 0 Å². The molecule has 1 aromatic heterocycles. The molecule has 0 aromatic carbocycles. The van der Waals surface area contributed by atoms with Crippen LogP contribution < -0.4 is 5.32 Å². The first-order valence-electron chi connectivity index (χ1n) is 7.66. The molecule has 0 radical (unpaired) electrons. The number of thiazole rings is 1. The summed E-state index contributed by atoms with van der Waals surface area (Å²) in [5, 5.41) is 6.37. The number of ether oxygens (including phenoxy) is 2. The highest BCUT2D eigenvalue weighted by atomic mass is 32.1. The summed E-state index contributed by atoms with van der Waals surface area (Å²) in [6, 6.07) is 0. The van der Waals surface area contributed by atoms with Gasteiger partial charge in [0.05, 0.1) is 25.4 Å². The van der Waals surface area contributed by atoms with Crippen molar-refractivity contribution in [1.29, 1.82) is 0 Å². The van der Waals surface area contributed by atoms with Gasteiger partial charge in [-0.1, -0.05) is 0 Å². The van der Waals surface area contributed by atoms with Gasteiger partial charge in [-0.3, -0.25) is 4.99 Å². The van der Waals surface area contributed by atoms with Crippen LogP contribution in [0, 0.1) is 0 Å². The molecule has 7 heteroatoms. The van der Waals surface area contributed by atoms with E-state index in [4.69, 9.17) is 9.47 Å². The van der Waals surface area contributed by atoms with Crippen molar-refractivity contribution in [3.63, 3.8) is 0 Å². The van der Waals surface area contributed by atoms with Crippen LogP contribution in [0.5, 0.6) is 0 Å². The summed E-state index contributed by atoms with van der Waals surface area (Å²) in [5.41, 5.74) is 1.03. The first kappa shape index (κ1) is 18.9. The SMILES string of the molecule is CCNC(=NCCOCC)N(C)Cc1csc(C(C)OC)n1. The highest BCUT2D eigenvalue weighted by Crippen LogP contribution is 2.20. The van der Waals surface area contributed by atoms with E-state index in [0.717, 1.165) is 29.8 Å². The van der Waals surface area contributed by atoms with E-state index in [9.17, 15) is 0 Å². The van der Waals surface area contributed by atoms with E-state index in [-0.39, 0.29) is 6.10 Å². The maximum Gasteiger partial charge on any atom is 0.194 e. The first-order chi connectivity index (χ1) is 10.6. The Morgan fingerprint density at radius 2 is 2.27 bits per heavy atom. The molecule has 0 saturated heterocycles. The lowest BCUT2D eigenvalue weighted by Gasteiger charge is -2.21. The minimum atomic E-state index is 0.0390. The molecule has 0 aliphatic heterocycles. The van der Waals surface area contributed by atoms with Gasteiger partial charge < -0.3 is 19.7 Å². The lowest BCUT2D eigenvalue weighted by Crippen LogP contribution is -2.38. The number of aromatic nitrogens is 1. The smallest absolute Gasteiger partial charge is 0.194 e. The van der Waals surface area contributed by atoms with Gasteiger partial charge in [-0.2, -0.15) is 0 Å². The Bertz CT molecular complexity index is 451. The zero-order valence-corrected chi connectivity index (χ0v) is 15.1. The molecule has 1 atom stereocenters. The molecule has 1 unspecified atom stereocenters. The molecule has 22 heavy (non-hydrogen) atoms. The standard InChI is InChI=1S/C15H28N4O2S/c1-6-16-15(17-8-9-21-7-2)19(4)10-13-11-22-14(18-13)12(3)20-5/h11-12H,6-10H2,1-5H3,(H,16,17). The van der Waals surface area contributed by atoms with E-state index in [1.165, 1.54) is 0 Å². The fraction of sp³-hybridized carbons (Fsp3) is 0.733. The third kappa shape index (κ3) is 6.29. The van der Waals surface area contributed by atoms with E-state index in [1.807, 2.05) is 20.9 Å². The summed E-state index contributed by atoms with van der Waals surface area (Å²) in [6.07, 6.45) is 0.0390. The third-order valence-electron chi connectivity index (χ3n) is 3.07. The quantitative estimate of drug-likeness (QED) is 0.428. The maximum absolute atomic E-state index is 5.32. The van der Waals surface area contributed by atoms with Crippen molar-refractivity contribution in [3.05, 3.63) is 16.1 Å². The van der Waals surface area contributed by atoms with Crippen LogP contribution in [0.25, 0.3) is 0 Å². The van der Waals surface area contributed by atoms with Crippen molar-refractivity contribution in [3.8, 4) is 0 Å². The van der Waals surface area contributed by atoms with E-state index in [2.05, 4.69) is 32.5 Å². The normalized spacial score (nSPS) is 13.2. The summed E-state index contributed by atoms with van der Waals surface area (Å²) < 4.78 is 10.6. The summed E-state index contributed by atoms with van der Waals surface area (Å²) in [7, 11) is 3.72. The van der Waals surface area contributed by atoms with Crippen molar-refractivity contribution < 1.29 is 9.47 Å². The van der Waals surface area contributed by atoms with Crippen LogP contribution in [-0.4, -0.2) is 56.3 Å². The molecule has 1 N–H and O–H groups in total. The number of nitrogens with zero attached hydrogens (tertiary/aromatic N) is 3. The predicted octanol–water partition coefficient (Wildman–Crippen LogP) is 2.28. The number of guanidine groups is 1. The van der Waals surface area contributed by atoms with Gasteiger partial charge in [0, 0.05) is 32.7 Å². The zero-order chi connectivity index (χ0) is 16.4. The zero-order valence-electron chi connectivity index (χ0n) is 14.3. The average molecular weight is 328 g/mol. The van der Waals surface area contributed by atoms with Crippen molar-refractivity contribution >= 4 is 17.3 Å². The molecule has 1 heterocycles. The predicted molar refractivity (Wildman–Crippen MR) is 91.5 cm³/mol. The molecular weight excluding hydrogens is 300 g/mol. The fourth-order valence-corrected chi connectivity index (χ4v) is 2.67. The maximum atomic E-state index is 5.32. The van der Waals surface area contributed by atoms with E-state index in [1.54, 1.807) is 18.4 Å². The first-order valence-corrected chi connectivity index (χ1v) is 8.54. The minimum Gasteiger partial charge on any atom is -0.380 e. The summed E-state index contributed by atoms with van der Waals surface area (Å²) >= 11 is 1.63. The molecule has 0 aliphatic carbocycles. The van der Waals surface area contributed by atoms with E-state index < -0.39 is 0 Å². The largest absolute Gasteiger partial charge is 0.380 e. The van der Waals surface area contributed by atoms with E-state index in [0.29, 0.717) is 19.7 Å². The second kappa shape index (κ2) is 10.5. The second-order valence-electron chi connectivity index (χ2n) is 4.84. The van der Waals surface area contributed by atoms with Crippen molar-refractivity contribution in [1.82, 2.24) is 15.2 Å². The molecule has 0 spiro atoms. The highest BCUT2D eigenvalue weighted by molar-refractivity contribution is 7.09. The summed E-state index contributed by atoms with van der Waals surface area (Å²) in [5.74, 6) is 0.872. The number of aliphatic imine (C=N–C) groups is 1. The third-order valence-corrected chi connectivity index (χ3v) is 4.12. The van der Waals surface area contributed by atoms with Gasteiger partial charge >= 0.3 is 0 Å². The Labute approximate surface area is 137 Å². The second-order valence-corrected chi connectivity index (χ2v) is 5.73. The minimum absolute atomic E-state index is 0.0390. The van der Waals surface area contributed by atoms with Crippen LogP contribution in [0.2, 0.25) is 0 Å². The lowest BCUT2D eigenvalue weighted by atomic mass is 10.4. The van der Waals surface area contributed by atoms with Gasteiger partial charge in [-0.15, -0.1) is 11.3 Å². The molecule has 6 nitrogen and oxygen atoms in total. The van der Waals surface area contributed by atoms with Gasteiger partial charge in [0.15, 0.2) is 5.96 Å². The fourth-order valence-electron chi connectivity index (χ4n) is 1.83. The number of rotatable bonds is 9. The Balaban J connectivity index is 2.61. The Hall–Kier alpha value is -1.18. The number of hydrogen-bond donors (Lipinski definition) is 1. The molecule has 0 amide bonds. The van der Waals surface area contributed by atoms with Gasteiger partial charge in [-0.25, -0.2) is 4.98 Å². The van der Waals surface area contributed by atoms with Crippen molar-refractivity contribution in [2.24, 2.45) is 4.99 Å². The summed E-state index contributed by atoms with van der Waals surface area (Å²) in [6.45, 7) is 9.63. The molecule has 1 aromatic rings. The van der Waals surface area contributed by atoms with Crippen LogP contribution in [0.4, 0.5) is 0 Å². The Morgan fingerprint density at radius 3 is 2.91 bits per heavy atom. The Kier molecular flexibility index (Phi) is 9.03. The molecule has 1 rings (SSSR count).